The molecule has 0 spiro atoms. The van der Waals surface area contributed by atoms with E-state index >= 15 is 0 Å². The van der Waals surface area contributed by atoms with Crippen LogP contribution < -0.4 is 10.6 Å². The predicted molar refractivity (Wildman–Crippen MR) is 63.6 cm³/mol. The second-order valence-corrected chi connectivity index (χ2v) is 3.91. The number of nitrogens with one attached hydrogen (secondary N) is 2. The van der Waals surface area contributed by atoms with Crippen molar-refractivity contribution >= 4 is 21.7 Å². The van der Waals surface area contributed by atoms with Crippen LogP contribution in [0.1, 0.15) is 13.3 Å². The van der Waals surface area contributed by atoms with E-state index < -0.39 is 0 Å². The standard InChI is InChI=1S/C10H16BrN3/c1-2-12-6-3-7-13-10-5-4-9(11)8-14-10/h4-5,8,12H,2-3,6-7H2,1H3,(H,13,14). The van der Waals surface area contributed by atoms with E-state index in [1.54, 1.807) is 6.20 Å². The van der Waals surface area contributed by atoms with Gasteiger partial charge in [-0.1, -0.05) is 6.92 Å². The van der Waals surface area contributed by atoms with Crippen LogP contribution in [0.2, 0.25) is 0 Å². The van der Waals surface area contributed by atoms with E-state index in [9.17, 15) is 0 Å². The molecule has 0 amide bonds. The molecule has 0 fully saturated rings. The average molecular weight is 258 g/mol. The second kappa shape index (κ2) is 6.79. The Morgan fingerprint density at radius 2 is 2.21 bits per heavy atom. The zero-order valence-electron chi connectivity index (χ0n) is 8.39. The third-order valence-electron chi connectivity index (χ3n) is 1.81. The number of halogens is 1. The van der Waals surface area contributed by atoms with Gasteiger partial charge in [0.05, 0.1) is 0 Å². The molecule has 14 heavy (non-hydrogen) atoms. The van der Waals surface area contributed by atoms with Crippen LogP contribution in [0.5, 0.6) is 0 Å². The van der Waals surface area contributed by atoms with Crippen LogP contribution in [0, 0.1) is 0 Å². The summed E-state index contributed by atoms with van der Waals surface area (Å²) in [5.74, 6) is 0.935. The molecule has 0 aromatic carbocycles. The number of aromatic nitrogens is 1. The van der Waals surface area contributed by atoms with Crippen LogP contribution in [0.15, 0.2) is 22.8 Å². The Morgan fingerprint density at radius 1 is 1.36 bits per heavy atom. The SMILES string of the molecule is CCNCCCNc1ccc(Br)cn1. The molecule has 78 valence electrons. The summed E-state index contributed by atoms with van der Waals surface area (Å²) in [5, 5.41) is 6.53. The first-order chi connectivity index (χ1) is 6.83. The Kier molecular flexibility index (Phi) is 5.56. The lowest BCUT2D eigenvalue weighted by Crippen LogP contribution is -2.17. The summed E-state index contributed by atoms with van der Waals surface area (Å²) in [6.45, 7) is 5.17. The molecule has 1 rings (SSSR count). The highest BCUT2D eigenvalue weighted by Gasteiger charge is 1.92. The molecule has 0 saturated carbocycles. The van der Waals surface area contributed by atoms with E-state index in [0.717, 1.165) is 36.3 Å². The molecule has 0 unspecified atom stereocenters. The summed E-state index contributed by atoms with van der Waals surface area (Å²) >= 11 is 3.35. The molecule has 0 radical (unpaired) electrons. The van der Waals surface area contributed by atoms with E-state index in [2.05, 4.69) is 38.5 Å². The highest BCUT2D eigenvalue weighted by Crippen LogP contribution is 2.09. The number of nitrogens with zero attached hydrogens (tertiary/aromatic N) is 1. The Hall–Kier alpha value is -0.610. The van der Waals surface area contributed by atoms with Gasteiger partial charge in [0.1, 0.15) is 5.82 Å². The summed E-state index contributed by atoms with van der Waals surface area (Å²) in [7, 11) is 0. The number of rotatable bonds is 6. The van der Waals surface area contributed by atoms with Gasteiger partial charge in [-0.25, -0.2) is 4.98 Å². The van der Waals surface area contributed by atoms with E-state index in [1.165, 1.54) is 0 Å². The summed E-state index contributed by atoms with van der Waals surface area (Å²) < 4.78 is 1.01. The summed E-state index contributed by atoms with van der Waals surface area (Å²) in [6.07, 6.45) is 2.91. The van der Waals surface area contributed by atoms with Gasteiger partial charge in [0, 0.05) is 17.2 Å². The molecule has 0 saturated heterocycles. The molecule has 1 heterocycles. The van der Waals surface area contributed by atoms with Crippen molar-refractivity contribution in [3.63, 3.8) is 0 Å². The molecule has 0 aliphatic heterocycles. The number of hydrogen-bond acceptors (Lipinski definition) is 3. The zero-order chi connectivity index (χ0) is 10.2. The van der Waals surface area contributed by atoms with Gasteiger partial charge < -0.3 is 10.6 Å². The topological polar surface area (TPSA) is 37.0 Å². The number of hydrogen-bond donors (Lipinski definition) is 2. The molecule has 2 N–H and O–H groups in total. The van der Waals surface area contributed by atoms with Gasteiger partial charge in [-0.2, -0.15) is 0 Å². The molecular formula is C10H16BrN3. The highest BCUT2D eigenvalue weighted by molar-refractivity contribution is 9.10. The minimum Gasteiger partial charge on any atom is -0.370 e. The van der Waals surface area contributed by atoms with Gasteiger partial charge in [0.2, 0.25) is 0 Å². The smallest absolute Gasteiger partial charge is 0.125 e. The molecule has 0 bridgehead atoms. The Morgan fingerprint density at radius 3 is 2.86 bits per heavy atom. The first-order valence-electron chi connectivity index (χ1n) is 4.89. The molecule has 1 aromatic rings. The van der Waals surface area contributed by atoms with Gasteiger partial charge in [-0.15, -0.1) is 0 Å². The second-order valence-electron chi connectivity index (χ2n) is 3.00. The maximum absolute atomic E-state index is 4.22. The van der Waals surface area contributed by atoms with Crippen molar-refractivity contribution in [3.8, 4) is 0 Å². The van der Waals surface area contributed by atoms with Gasteiger partial charge >= 0.3 is 0 Å². The quantitative estimate of drug-likeness (QED) is 0.768. The monoisotopic (exact) mass is 257 g/mol. The van der Waals surface area contributed by atoms with Crippen LogP contribution in [0.3, 0.4) is 0 Å². The number of anilines is 1. The van der Waals surface area contributed by atoms with E-state index in [1.807, 2.05) is 12.1 Å². The third-order valence-corrected chi connectivity index (χ3v) is 2.28. The highest BCUT2D eigenvalue weighted by atomic mass is 79.9. The summed E-state index contributed by atoms with van der Waals surface area (Å²) in [5.41, 5.74) is 0. The molecule has 3 nitrogen and oxygen atoms in total. The van der Waals surface area contributed by atoms with Gasteiger partial charge in [0.15, 0.2) is 0 Å². The molecule has 0 atom stereocenters. The predicted octanol–water partition coefficient (Wildman–Crippen LogP) is 2.26. The fourth-order valence-corrected chi connectivity index (χ4v) is 1.32. The van der Waals surface area contributed by atoms with Crippen LogP contribution in [-0.4, -0.2) is 24.6 Å². The molecule has 0 aliphatic rings. The van der Waals surface area contributed by atoms with E-state index in [0.29, 0.717) is 0 Å². The van der Waals surface area contributed by atoms with Gasteiger partial charge in [-0.05, 0) is 47.6 Å². The normalized spacial score (nSPS) is 10.1. The van der Waals surface area contributed by atoms with Crippen molar-refractivity contribution in [1.82, 2.24) is 10.3 Å². The lowest BCUT2D eigenvalue weighted by Gasteiger charge is -2.05. The van der Waals surface area contributed by atoms with Gasteiger partial charge in [0.25, 0.3) is 0 Å². The molecule has 4 heteroatoms. The van der Waals surface area contributed by atoms with Gasteiger partial charge in [-0.3, -0.25) is 0 Å². The van der Waals surface area contributed by atoms with E-state index in [-0.39, 0.29) is 0 Å². The van der Waals surface area contributed by atoms with Crippen molar-refractivity contribution in [2.24, 2.45) is 0 Å². The first kappa shape index (κ1) is 11.5. The van der Waals surface area contributed by atoms with Crippen molar-refractivity contribution in [2.75, 3.05) is 25.0 Å². The van der Waals surface area contributed by atoms with Crippen LogP contribution in [0.4, 0.5) is 5.82 Å². The largest absolute Gasteiger partial charge is 0.370 e. The average Bonchev–Trinajstić information content (AvgIpc) is 2.21. The summed E-state index contributed by atoms with van der Waals surface area (Å²) in [6, 6.07) is 3.96. The van der Waals surface area contributed by atoms with Crippen molar-refractivity contribution in [3.05, 3.63) is 22.8 Å². The summed E-state index contributed by atoms with van der Waals surface area (Å²) in [4.78, 5) is 4.22. The Labute approximate surface area is 93.4 Å². The van der Waals surface area contributed by atoms with Crippen LogP contribution in [0.25, 0.3) is 0 Å². The first-order valence-corrected chi connectivity index (χ1v) is 5.68. The van der Waals surface area contributed by atoms with Crippen LogP contribution in [-0.2, 0) is 0 Å². The Balaban J connectivity index is 2.15. The maximum atomic E-state index is 4.22. The minimum atomic E-state index is 0.935. The fourth-order valence-electron chi connectivity index (χ4n) is 1.09. The maximum Gasteiger partial charge on any atom is 0.125 e. The molecule has 0 aliphatic carbocycles. The minimum absolute atomic E-state index is 0.935. The number of pyridine rings is 1. The van der Waals surface area contributed by atoms with Crippen molar-refractivity contribution in [2.45, 2.75) is 13.3 Å². The van der Waals surface area contributed by atoms with E-state index in [4.69, 9.17) is 0 Å². The van der Waals surface area contributed by atoms with Crippen molar-refractivity contribution < 1.29 is 0 Å². The van der Waals surface area contributed by atoms with Crippen molar-refractivity contribution in [1.29, 1.82) is 0 Å². The lowest BCUT2D eigenvalue weighted by molar-refractivity contribution is 0.688. The molecular weight excluding hydrogens is 242 g/mol. The van der Waals surface area contributed by atoms with Crippen LogP contribution >= 0.6 is 15.9 Å². The Bertz CT molecular complexity index is 248. The fraction of sp³-hybridized carbons (Fsp3) is 0.500. The lowest BCUT2D eigenvalue weighted by atomic mass is 10.4. The zero-order valence-corrected chi connectivity index (χ0v) is 9.97. The third kappa shape index (κ3) is 4.58. The molecule has 1 aromatic heterocycles.